The second-order valence-electron chi connectivity index (χ2n) is 7.35. The zero-order valence-corrected chi connectivity index (χ0v) is 20.5. The number of ether oxygens (including phenoxy) is 3. The Kier molecular flexibility index (Phi) is 8.63. The van der Waals surface area contributed by atoms with Crippen LogP contribution in [0.2, 0.25) is 10.0 Å². The van der Waals surface area contributed by atoms with Crippen molar-refractivity contribution in [1.82, 2.24) is 10.2 Å². The SMILES string of the molecule is C#CCOc1c(Cl)cc(/C=C2\C(=O)NC(=O)N(Cc3ccc(OCCC)c(OC)c3)C2=O)cc1Cl. The number of nitrogens with zero attached hydrogens (tertiary/aromatic N) is 1. The van der Waals surface area contributed by atoms with Gasteiger partial charge in [0, 0.05) is 0 Å². The van der Waals surface area contributed by atoms with Crippen LogP contribution in [0.1, 0.15) is 24.5 Å². The topological polar surface area (TPSA) is 94.2 Å². The first-order chi connectivity index (χ1) is 16.8. The molecule has 1 heterocycles. The standard InChI is InChI=1S/C25H22Cl2N2O6/c1-4-8-34-20-7-6-15(13-21(20)33-3)14-29-24(31)17(23(30)28-25(29)32)10-16-11-18(26)22(19(27)12-16)35-9-5-2/h2,6-7,10-13H,4,8-9,14H2,1,3H3,(H,28,30,32)/b17-10+. The molecule has 1 N–H and O–H groups in total. The number of hydrogen-bond acceptors (Lipinski definition) is 6. The van der Waals surface area contributed by atoms with Gasteiger partial charge in [-0.1, -0.05) is 42.1 Å². The summed E-state index contributed by atoms with van der Waals surface area (Å²) in [5.74, 6) is 1.89. The third kappa shape index (κ3) is 6.07. The van der Waals surface area contributed by atoms with E-state index in [0.717, 1.165) is 11.3 Å². The summed E-state index contributed by atoms with van der Waals surface area (Å²) >= 11 is 12.4. The van der Waals surface area contributed by atoms with Crippen LogP contribution in [0.25, 0.3) is 6.08 Å². The van der Waals surface area contributed by atoms with Crippen LogP contribution in [0.5, 0.6) is 17.2 Å². The molecule has 182 valence electrons. The molecule has 0 spiro atoms. The second kappa shape index (κ2) is 11.6. The third-order valence-corrected chi connectivity index (χ3v) is 5.41. The van der Waals surface area contributed by atoms with Gasteiger partial charge in [0.25, 0.3) is 11.8 Å². The molecular weight excluding hydrogens is 495 g/mol. The van der Waals surface area contributed by atoms with Crippen molar-refractivity contribution in [2.45, 2.75) is 19.9 Å². The van der Waals surface area contributed by atoms with Gasteiger partial charge in [0.1, 0.15) is 12.2 Å². The highest BCUT2D eigenvalue weighted by molar-refractivity contribution is 6.37. The largest absolute Gasteiger partial charge is 0.493 e. The number of methoxy groups -OCH3 is 1. The van der Waals surface area contributed by atoms with Crippen molar-refractivity contribution in [3.05, 3.63) is 57.1 Å². The van der Waals surface area contributed by atoms with Gasteiger partial charge in [-0.15, -0.1) is 6.42 Å². The number of imide groups is 2. The second-order valence-corrected chi connectivity index (χ2v) is 8.16. The number of carbonyl (C=O) groups excluding carboxylic acids is 3. The van der Waals surface area contributed by atoms with Crippen LogP contribution in [-0.2, 0) is 16.1 Å². The molecule has 1 aliphatic heterocycles. The van der Waals surface area contributed by atoms with Crippen LogP contribution >= 0.6 is 23.2 Å². The summed E-state index contributed by atoms with van der Waals surface area (Å²) in [7, 11) is 1.50. The van der Waals surface area contributed by atoms with Crippen molar-refractivity contribution >= 4 is 47.1 Å². The molecule has 0 saturated carbocycles. The van der Waals surface area contributed by atoms with E-state index in [1.54, 1.807) is 18.2 Å². The molecule has 1 fully saturated rings. The van der Waals surface area contributed by atoms with Gasteiger partial charge in [0.15, 0.2) is 17.2 Å². The Morgan fingerprint density at radius 2 is 1.80 bits per heavy atom. The minimum Gasteiger partial charge on any atom is -0.493 e. The van der Waals surface area contributed by atoms with Crippen LogP contribution in [0.15, 0.2) is 35.9 Å². The summed E-state index contributed by atoms with van der Waals surface area (Å²) in [5.41, 5.74) is 0.702. The van der Waals surface area contributed by atoms with Gasteiger partial charge in [-0.25, -0.2) is 4.79 Å². The number of nitrogens with one attached hydrogen (secondary N) is 1. The van der Waals surface area contributed by atoms with Crippen molar-refractivity contribution in [3.8, 4) is 29.6 Å². The number of terminal acetylenes is 1. The summed E-state index contributed by atoms with van der Waals surface area (Å²) in [6.07, 6.45) is 7.31. The highest BCUT2D eigenvalue weighted by Gasteiger charge is 2.36. The fraction of sp³-hybridized carbons (Fsp3) is 0.240. The highest BCUT2D eigenvalue weighted by Crippen LogP contribution is 2.35. The maximum Gasteiger partial charge on any atom is 0.331 e. The molecule has 1 saturated heterocycles. The van der Waals surface area contributed by atoms with E-state index in [1.807, 2.05) is 6.92 Å². The lowest BCUT2D eigenvalue weighted by molar-refractivity contribution is -0.130. The smallest absolute Gasteiger partial charge is 0.331 e. The number of halogens is 2. The van der Waals surface area contributed by atoms with E-state index in [9.17, 15) is 14.4 Å². The number of hydrogen-bond donors (Lipinski definition) is 1. The molecule has 1 aliphatic rings. The molecule has 0 bridgehead atoms. The van der Waals surface area contributed by atoms with Gasteiger partial charge in [0.2, 0.25) is 0 Å². The lowest BCUT2D eigenvalue weighted by atomic mass is 10.1. The van der Waals surface area contributed by atoms with E-state index in [2.05, 4.69) is 11.2 Å². The molecule has 8 nitrogen and oxygen atoms in total. The zero-order chi connectivity index (χ0) is 25.5. The predicted octanol–water partition coefficient (Wildman–Crippen LogP) is 4.46. The van der Waals surface area contributed by atoms with E-state index in [4.69, 9.17) is 43.8 Å². The molecule has 4 amide bonds. The van der Waals surface area contributed by atoms with Gasteiger partial charge in [-0.05, 0) is 47.9 Å². The first-order valence-electron chi connectivity index (χ1n) is 10.5. The van der Waals surface area contributed by atoms with E-state index in [-0.39, 0.29) is 34.5 Å². The number of barbiturate groups is 1. The van der Waals surface area contributed by atoms with Crippen molar-refractivity contribution in [1.29, 1.82) is 0 Å². The Morgan fingerprint density at radius 1 is 1.09 bits per heavy atom. The van der Waals surface area contributed by atoms with Crippen LogP contribution in [-0.4, -0.2) is 43.1 Å². The molecule has 0 aromatic heterocycles. The maximum absolute atomic E-state index is 13.1. The van der Waals surface area contributed by atoms with E-state index in [0.29, 0.717) is 29.2 Å². The van der Waals surface area contributed by atoms with Gasteiger partial charge in [-0.3, -0.25) is 19.8 Å². The van der Waals surface area contributed by atoms with Crippen molar-refractivity contribution in [2.24, 2.45) is 0 Å². The monoisotopic (exact) mass is 516 g/mol. The van der Waals surface area contributed by atoms with Gasteiger partial charge >= 0.3 is 6.03 Å². The van der Waals surface area contributed by atoms with Gasteiger partial charge in [-0.2, -0.15) is 0 Å². The lowest BCUT2D eigenvalue weighted by Crippen LogP contribution is -2.53. The first kappa shape index (κ1) is 25.9. The average molecular weight is 517 g/mol. The fourth-order valence-corrected chi connectivity index (χ4v) is 3.86. The molecule has 2 aromatic carbocycles. The third-order valence-electron chi connectivity index (χ3n) is 4.85. The number of rotatable bonds is 9. The zero-order valence-electron chi connectivity index (χ0n) is 19.0. The maximum atomic E-state index is 13.1. The van der Waals surface area contributed by atoms with Gasteiger partial charge < -0.3 is 14.2 Å². The fourth-order valence-electron chi connectivity index (χ4n) is 3.24. The predicted molar refractivity (Wildman–Crippen MR) is 132 cm³/mol. The minimum absolute atomic E-state index is 0.0334. The lowest BCUT2D eigenvalue weighted by Gasteiger charge is -2.26. The van der Waals surface area contributed by atoms with Crippen LogP contribution < -0.4 is 19.5 Å². The highest BCUT2D eigenvalue weighted by atomic mass is 35.5. The molecule has 2 aromatic rings. The number of benzene rings is 2. The minimum atomic E-state index is -0.837. The molecular formula is C25H22Cl2N2O6. The van der Waals surface area contributed by atoms with E-state index in [1.165, 1.54) is 25.3 Å². The molecule has 10 heteroatoms. The molecule has 0 radical (unpaired) electrons. The Bertz CT molecular complexity index is 1210. The summed E-state index contributed by atoms with van der Waals surface area (Å²) in [5, 5.41) is 2.47. The quantitative estimate of drug-likeness (QED) is 0.300. The Morgan fingerprint density at radius 3 is 2.43 bits per heavy atom. The average Bonchev–Trinajstić information content (AvgIpc) is 2.83. The summed E-state index contributed by atoms with van der Waals surface area (Å²) in [6.45, 7) is 2.37. The molecule has 3 rings (SSSR count). The van der Waals surface area contributed by atoms with Crippen LogP contribution in [0.4, 0.5) is 4.79 Å². The van der Waals surface area contributed by atoms with E-state index >= 15 is 0 Å². The normalized spacial score (nSPS) is 14.5. The van der Waals surface area contributed by atoms with Crippen LogP contribution in [0.3, 0.4) is 0 Å². The Labute approximate surface area is 212 Å². The van der Waals surface area contributed by atoms with Crippen molar-refractivity contribution in [3.63, 3.8) is 0 Å². The molecule has 35 heavy (non-hydrogen) atoms. The number of urea groups is 1. The molecule has 0 unspecified atom stereocenters. The summed E-state index contributed by atoms with van der Waals surface area (Å²) < 4.78 is 16.3. The number of carbonyl (C=O) groups is 3. The van der Waals surface area contributed by atoms with Crippen molar-refractivity contribution < 1.29 is 28.6 Å². The first-order valence-corrected chi connectivity index (χ1v) is 11.3. The summed E-state index contributed by atoms with van der Waals surface area (Å²) in [4.78, 5) is 38.9. The van der Waals surface area contributed by atoms with Crippen molar-refractivity contribution in [2.75, 3.05) is 20.3 Å². The Balaban J connectivity index is 1.87. The molecule has 0 aliphatic carbocycles. The van der Waals surface area contributed by atoms with Gasteiger partial charge in [0.05, 0.1) is 30.3 Å². The number of amides is 4. The summed E-state index contributed by atoms with van der Waals surface area (Å²) in [6, 6.07) is 7.17. The van der Waals surface area contributed by atoms with Crippen LogP contribution in [0, 0.1) is 12.3 Å². The Hall–Kier alpha value is -3.67. The van der Waals surface area contributed by atoms with E-state index < -0.39 is 17.8 Å². The molecule has 0 atom stereocenters.